The van der Waals surface area contributed by atoms with Crippen LogP contribution in [0, 0.1) is 23.7 Å². The molecular weight excluding hydrogens is 633 g/mol. The Morgan fingerprint density at radius 2 is 1.58 bits per heavy atom. The van der Waals surface area contributed by atoms with Crippen molar-refractivity contribution >= 4 is 36.8 Å². The van der Waals surface area contributed by atoms with E-state index < -0.39 is 43.5 Å². The number of phosphoric acid groups is 1. The third-order valence-corrected chi connectivity index (χ3v) is 10.6. The number of ketones is 1. The van der Waals surface area contributed by atoms with Gasteiger partial charge in [-0.3, -0.25) is 23.8 Å². The highest BCUT2D eigenvalue weighted by atomic mass is 31.2. The molecule has 6 atom stereocenters. The number of para-hydroxylation sites is 2. The van der Waals surface area contributed by atoms with Crippen LogP contribution >= 0.6 is 7.82 Å². The number of carbonyl (C=O) groups excluding carboxylic acids is 3. The largest absolute Gasteiger partial charge is 0.469 e. The molecule has 2 fully saturated rings. The molecule has 12 nitrogen and oxygen atoms in total. The summed E-state index contributed by atoms with van der Waals surface area (Å²) in [6.07, 6.45) is 4.10. The minimum absolute atomic E-state index is 0.162. The summed E-state index contributed by atoms with van der Waals surface area (Å²) in [5.41, 5.74) is 2.14. The average Bonchev–Trinajstić information content (AvgIpc) is 3.47. The number of nitrogens with zero attached hydrogens (tertiary/aromatic N) is 1. The minimum Gasteiger partial charge on any atom is -0.362 e. The molecule has 1 saturated heterocycles. The molecule has 1 saturated carbocycles. The minimum atomic E-state index is -4.97. The van der Waals surface area contributed by atoms with E-state index in [4.69, 9.17) is 4.52 Å². The van der Waals surface area contributed by atoms with E-state index in [0.717, 1.165) is 30.8 Å². The zero-order valence-electron chi connectivity index (χ0n) is 28.0. The lowest BCUT2D eigenvalue weighted by Crippen LogP contribution is -2.54. The van der Waals surface area contributed by atoms with Crippen LogP contribution in [0.5, 0.6) is 0 Å². The maximum atomic E-state index is 14.0. The van der Waals surface area contributed by atoms with Gasteiger partial charge >= 0.3 is 7.82 Å². The van der Waals surface area contributed by atoms with Crippen LogP contribution in [0.1, 0.15) is 69.7 Å². The number of carbonyl (C=O) groups is 3. The quantitative estimate of drug-likeness (QED) is 0.0955. The third-order valence-electron chi connectivity index (χ3n) is 10.0. The summed E-state index contributed by atoms with van der Waals surface area (Å²) in [7, 11) is -4.97. The molecule has 0 bridgehead atoms. The molecule has 2 aromatic carbocycles. The number of hydrogen-bond acceptors (Lipinski definition) is 8. The topological polar surface area (TPSA) is 169 Å². The molecule has 48 heavy (non-hydrogen) atoms. The normalized spacial score (nSPS) is 23.2. The Bertz CT molecular complexity index is 1450. The zero-order chi connectivity index (χ0) is 34.4. The summed E-state index contributed by atoms with van der Waals surface area (Å²) in [5, 5.41) is 12.3. The number of likely N-dealkylation sites (tertiary alicyclic amines) is 1. The van der Waals surface area contributed by atoms with E-state index in [0.29, 0.717) is 11.8 Å². The molecule has 0 aromatic heterocycles. The van der Waals surface area contributed by atoms with Gasteiger partial charge in [0.25, 0.3) is 0 Å². The summed E-state index contributed by atoms with van der Waals surface area (Å²) in [4.78, 5) is 63.4. The van der Waals surface area contributed by atoms with E-state index in [2.05, 4.69) is 33.1 Å². The zero-order valence-corrected chi connectivity index (χ0v) is 28.9. The first-order chi connectivity index (χ1) is 22.9. The molecular formula is C35H50N5O7P. The summed E-state index contributed by atoms with van der Waals surface area (Å²) in [6.45, 7) is 6.90. The number of Topliss-reactive ketones (excluding diaryl/α,β-unsaturated/α-hetero) is 1. The van der Waals surface area contributed by atoms with Crippen LogP contribution < -0.4 is 21.3 Å². The lowest BCUT2D eigenvalue weighted by Gasteiger charge is -2.46. The fourth-order valence-corrected chi connectivity index (χ4v) is 8.06. The monoisotopic (exact) mass is 683 g/mol. The van der Waals surface area contributed by atoms with Crippen molar-refractivity contribution in [2.24, 2.45) is 23.7 Å². The molecule has 0 spiro atoms. The predicted octanol–water partition coefficient (Wildman–Crippen LogP) is 4.37. The fraction of sp³-hybridized carbons (Fsp3) is 0.571. The molecule has 2 aromatic rings. The van der Waals surface area contributed by atoms with Crippen LogP contribution in [-0.2, 0) is 18.7 Å². The second-order valence-electron chi connectivity index (χ2n) is 13.9. The van der Waals surface area contributed by atoms with Gasteiger partial charge in [-0.1, -0.05) is 75.6 Å². The Morgan fingerprint density at radius 3 is 2.21 bits per heavy atom. The number of anilines is 2. The molecule has 2 heterocycles. The number of rotatable bonds is 14. The van der Waals surface area contributed by atoms with Crippen LogP contribution in [0.3, 0.4) is 0 Å². The van der Waals surface area contributed by atoms with Gasteiger partial charge < -0.3 is 31.1 Å². The average molecular weight is 684 g/mol. The Hall–Kier alpha value is -3.28. The van der Waals surface area contributed by atoms with Gasteiger partial charge in [0.2, 0.25) is 11.8 Å². The number of nitrogens with one attached hydrogen (secondary N) is 4. The Kier molecular flexibility index (Phi) is 12.0. The Balaban J connectivity index is 1.31. The van der Waals surface area contributed by atoms with Gasteiger partial charge in [0.1, 0.15) is 18.1 Å². The van der Waals surface area contributed by atoms with Crippen molar-refractivity contribution in [3.63, 3.8) is 0 Å². The van der Waals surface area contributed by atoms with Gasteiger partial charge in [0, 0.05) is 24.7 Å². The van der Waals surface area contributed by atoms with Gasteiger partial charge in [-0.05, 0) is 56.1 Å². The maximum Gasteiger partial charge on any atom is 0.469 e. The lowest BCUT2D eigenvalue weighted by molar-refractivity contribution is -0.131. The highest BCUT2D eigenvalue weighted by molar-refractivity contribution is 7.46. The smallest absolute Gasteiger partial charge is 0.362 e. The molecule has 13 heteroatoms. The van der Waals surface area contributed by atoms with Crippen LogP contribution in [0.2, 0.25) is 0 Å². The van der Waals surface area contributed by atoms with Crippen molar-refractivity contribution < 1.29 is 33.3 Å². The lowest BCUT2D eigenvalue weighted by atomic mass is 9.73. The van der Waals surface area contributed by atoms with Crippen molar-refractivity contribution in [2.75, 3.05) is 30.3 Å². The summed E-state index contributed by atoms with van der Waals surface area (Å²) >= 11 is 0. The molecule has 6 N–H and O–H groups in total. The van der Waals surface area contributed by atoms with Crippen LogP contribution in [0.4, 0.5) is 11.4 Å². The van der Waals surface area contributed by atoms with E-state index in [1.54, 1.807) is 44.2 Å². The van der Waals surface area contributed by atoms with E-state index in [9.17, 15) is 28.7 Å². The number of benzene rings is 2. The Morgan fingerprint density at radius 1 is 0.958 bits per heavy atom. The Labute approximate surface area is 283 Å². The second kappa shape index (κ2) is 16.0. The first kappa shape index (κ1) is 36.0. The maximum absolute atomic E-state index is 14.0. The first-order valence-corrected chi connectivity index (χ1v) is 18.7. The standard InChI is InChI=1S/C35H50N5O7P/c1-22(2)32(35(43)36-19-31-37-29-15-9-10-16-30(29)38-31)39-34(42)28(33(41)24-11-5-4-6-12-24)18-27(47-48(44,45)46)21-40-20-26-14-8-7-13-25(26)17-23(40)3/h4-6,9-12,15-16,22-23,25-28,31-32,37-38H,7-8,13-14,17-21H2,1-3H3,(H,36,43)(H,39,42)(H2,44,45,46). The van der Waals surface area contributed by atoms with Crippen LogP contribution in [0.25, 0.3) is 0 Å². The van der Waals surface area contributed by atoms with Gasteiger partial charge in [0.05, 0.1) is 24.0 Å². The third kappa shape index (κ3) is 9.45. The molecule has 0 radical (unpaired) electrons. The van der Waals surface area contributed by atoms with Gasteiger partial charge in [-0.15, -0.1) is 0 Å². The van der Waals surface area contributed by atoms with E-state index in [1.807, 2.05) is 24.3 Å². The van der Waals surface area contributed by atoms with Crippen molar-refractivity contribution in [3.05, 3.63) is 60.2 Å². The van der Waals surface area contributed by atoms with Crippen molar-refractivity contribution in [1.29, 1.82) is 0 Å². The van der Waals surface area contributed by atoms with Gasteiger partial charge in [-0.25, -0.2) is 4.57 Å². The number of phosphoric ester groups is 1. The van der Waals surface area contributed by atoms with Crippen LogP contribution in [0.15, 0.2) is 54.6 Å². The summed E-state index contributed by atoms with van der Waals surface area (Å²) < 4.78 is 17.5. The molecule has 6 unspecified atom stereocenters. The second-order valence-corrected chi connectivity index (χ2v) is 15.1. The highest BCUT2D eigenvalue weighted by Crippen LogP contribution is 2.42. The van der Waals surface area contributed by atoms with Crippen molar-refractivity contribution in [2.45, 2.75) is 83.6 Å². The number of piperidine rings is 1. The molecule has 2 amide bonds. The molecule has 262 valence electrons. The van der Waals surface area contributed by atoms with Crippen LogP contribution in [-0.4, -0.2) is 76.3 Å². The van der Waals surface area contributed by atoms with Crippen molar-refractivity contribution in [1.82, 2.24) is 15.5 Å². The van der Waals surface area contributed by atoms with E-state index >= 15 is 0 Å². The predicted molar refractivity (Wildman–Crippen MR) is 184 cm³/mol. The van der Waals surface area contributed by atoms with E-state index in [-0.39, 0.29) is 43.2 Å². The summed E-state index contributed by atoms with van der Waals surface area (Å²) in [5.74, 6) is -2.14. The van der Waals surface area contributed by atoms with Crippen molar-refractivity contribution in [3.8, 4) is 0 Å². The van der Waals surface area contributed by atoms with Gasteiger partial charge in [-0.2, -0.15) is 0 Å². The highest BCUT2D eigenvalue weighted by Gasteiger charge is 2.40. The molecule has 1 aliphatic carbocycles. The fourth-order valence-electron chi connectivity index (χ4n) is 7.51. The summed E-state index contributed by atoms with van der Waals surface area (Å²) in [6, 6.07) is 15.3. The molecule has 2 aliphatic heterocycles. The molecule has 5 rings (SSSR count). The van der Waals surface area contributed by atoms with E-state index in [1.165, 1.54) is 19.3 Å². The first-order valence-electron chi connectivity index (χ1n) is 17.2. The number of hydrogen-bond donors (Lipinski definition) is 6. The SMILES string of the molecule is CC(C)C(NC(=O)C(CC(CN1CC2CCCCC2CC1C)OP(=O)(O)O)C(=O)c1ccccc1)C(=O)NCC1Nc2ccccc2N1. The molecule has 3 aliphatic rings. The number of fused-ring (bicyclic) bond motifs is 2. The number of amides is 2. The van der Waals surface area contributed by atoms with Gasteiger partial charge in [0.15, 0.2) is 5.78 Å².